The van der Waals surface area contributed by atoms with Gasteiger partial charge in [0.15, 0.2) is 0 Å². The molecule has 0 unspecified atom stereocenters. The first-order valence-electron chi connectivity index (χ1n) is 6.37. The van der Waals surface area contributed by atoms with Crippen molar-refractivity contribution in [2.75, 3.05) is 17.2 Å². The number of rotatable bonds is 4. The van der Waals surface area contributed by atoms with E-state index in [0.717, 1.165) is 28.0 Å². The lowest BCUT2D eigenvalue weighted by molar-refractivity contribution is 0.102. The molecule has 20 heavy (non-hydrogen) atoms. The summed E-state index contributed by atoms with van der Waals surface area (Å²) in [7, 11) is 0. The Kier molecular flexibility index (Phi) is 4.74. The summed E-state index contributed by atoms with van der Waals surface area (Å²) in [6.45, 7) is 4.68. The van der Waals surface area contributed by atoms with E-state index in [9.17, 15) is 4.79 Å². The zero-order valence-electron chi connectivity index (χ0n) is 11.4. The molecule has 2 rings (SSSR count). The molecule has 4 nitrogen and oxygen atoms in total. The van der Waals surface area contributed by atoms with Crippen molar-refractivity contribution in [3.05, 3.63) is 52.3 Å². The fourth-order valence-corrected chi connectivity index (χ4v) is 2.36. The molecule has 0 aliphatic carbocycles. The number of aryl methyl sites for hydroxylation is 1. The molecule has 0 fully saturated rings. The summed E-state index contributed by atoms with van der Waals surface area (Å²) in [4.78, 5) is 16.4. The number of carbonyl (C=O) groups excluding carboxylic acids is 1. The number of hydrogen-bond acceptors (Lipinski definition) is 3. The topological polar surface area (TPSA) is 54.0 Å². The summed E-state index contributed by atoms with van der Waals surface area (Å²) >= 11 is 3.41. The van der Waals surface area contributed by atoms with Crippen molar-refractivity contribution in [3.63, 3.8) is 0 Å². The second-order valence-corrected chi connectivity index (χ2v) is 5.28. The van der Waals surface area contributed by atoms with Gasteiger partial charge < -0.3 is 10.6 Å². The summed E-state index contributed by atoms with van der Waals surface area (Å²) in [5.74, 6) is -0.145. The highest BCUT2D eigenvalue weighted by atomic mass is 79.9. The maximum atomic E-state index is 12.4. The van der Waals surface area contributed by atoms with Gasteiger partial charge in [-0.2, -0.15) is 0 Å². The third kappa shape index (κ3) is 3.36. The Balaban J connectivity index is 2.24. The van der Waals surface area contributed by atoms with Crippen LogP contribution in [0.25, 0.3) is 0 Å². The predicted molar refractivity (Wildman–Crippen MR) is 85.2 cm³/mol. The predicted octanol–water partition coefficient (Wildman–Crippen LogP) is 3.84. The zero-order valence-corrected chi connectivity index (χ0v) is 13.0. The van der Waals surface area contributed by atoms with E-state index in [1.54, 1.807) is 18.5 Å². The number of pyridine rings is 1. The quantitative estimate of drug-likeness (QED) is 0.893. The van der Waals surface area contributed by atoms with E-state index in [4.69, 9.17) is 0 Å². The highest BCUT2D eigenvalue weighted by Gasteiger charge is 2.12. The minimum atomic E-state index is -0.145. The van der Waals surface area contributed by atoms with Gasteiger partial charge in [-0.15, -0.1) is 0 Å². The Morgan fingerprint density at radius 3 is 2.80 bits per heavy atom. The summed E-state index contributed by atoms with van der Waals surface area (Å²) in [5, 5.41) is 6.06. The number of nitrogens with zero attached hydrogens (tertiary/aromatic N) is 1. The molecule has 0 spiro atoms. The Hall–Kier alpha value is -1.88. The summed E-state index contributed by atoms with van der Waals surface area (Å²) in [6, 6.07) is 7.46. The van der Waals surface area contributed by atoms with Crippen LogP contribution in [0.4, 0.5) is 11.4 Å². The third-order valence-electron chi connectivity index (χ3n) is 2.87. The number of benzene rings is 1. The van der Waals surface area contributed by atoms with Crippen LogP contribution < -0.4 is 10.6 Å². The first-order chi connectivity index (χ1) is 9.61. The highest BCUT2D eigenvalue weighted by molar-refractivity contribution is 9.10. The van der Waals surface area contributed by atoms with Gasteiger partial charge in [0.2, 0.25) is 0 Å². The van der Waals surface area contributed by atoms with E-state index in [-0.39, 0.29) is 5.91 Å². The van der Waals surface area contributed by atoms with Crippen LogP contribution in [0.5, 0.6) is 0 Å². The standard InChI is InChI=1S/C15H16BrN3O/c1-3-18-14-9-17-7-6-12(14)15(20)19-13-5-4-11(16)8-10(13)2/h4-9,18H,3H2,1-2H3,(H,19,20). The fourth-order valence-electron chi connectivity index (χ4n) is 1.88. The van der Waals surface area contributed by atoms with Crippen molar-refractivity contribution >= 4 is 33.2 Å². The van der Waals surface area contributed by atoms with E-state index >= 15 is 0 Å². The second-order valence-electron chi connectivity index (χ2n) is 4.36. The molecule has 5 heteroatoms. The minimum absolute atomic E-state index is 0.145. The largest absolute Gasteiger partial charge is 0.383 e. The smallest absolute Gasteiger partial charge is 0.257 e. The molecule has 0 saturated carbocycles. The summed E-state index contributed by atoms with van der Waals surface area (Å²) in [5.41, 5.74) is 3.13. The van der Waals surface area contributed by atoms with Crippen LogP contribution in [-0.2, 0) is 0 Å². The Morgan fingerprint density at radius 1 is 1.30 bits per heavy atom. The number of carbonyl (C=O) groups is 1. The van der Waals surface area contributed by atoms with Gasteiger partial charge in [-0.05, 0) is 43.7 Å². The van der Waals surface area contributed by atoms with Crippen molar-refractivity contribution in [2.45, 2.75) is 13.8 Å². The monoisotopic (exact) mass is 333 g/mol. The minimum Gasteiger partial charge on any atom is -0.383 e. The van der Waals surface area contributed by atoms with E-state index in [2.05, 4.69) is 31.5 Å². The number of amides is 1. The molecule has 0 aliphatic rings. The van der Waals surface area contributed by atoms with Crippen LogP contribution >= 0.6 is 15.9 Å². The van der Waals surface area contributed by atoms with Gasteiger partial charge in [0.25, 0.3) is 5.91 Å². The Labute approximate surface area is 126 Å². The first-order valence-corrected chi connectivity index (χ1v) is 7.16. The molecule has 1 heterocycles. The number of hydrogen-bond donors (Lipinski definition) is 2. The molecule has 0 bridgehead atoms. The zero-order chi connectivity index (χ0) is 14.5. The molecule has 2 aromatic rings. The van der Waals surface area contributed by atoms with Gasteiger partial charge in [0, 0.05) is 22.9 Å². The van der Waals surface area contributed by atoms with Crippen LogP contribution in [0.1, 0.15) is 22.8 Å². The molecule has 0 aliphatic heterocycles. The van der Waals surface area contributed by atoms with E-state index in [1.807, 2.05) is 32.0 Å². The first kappa shape index (κ1) is 14.5. The lowest BCUT2D eigenvalue weighted by Gasteiger charge is -2.12. The normalized spacial score (nSPS) is 10.2. The fraction of sp³-hybridized carbons (Fsp3) is 0.200. The van der Waals surface area contributed by atoms with Crippen molar-refractivity contribution < 1.29 is 4.79 Å². The molecule has 0 saturated heterocycles. The number of anilines is 2. The SMILES string of the molecule is CCNc1cnccc1C(=O)Nc1ccc(Br)cc1C. The van der Waals surface area contributed by atoms with Gasteiger partial charge in [0.05, 0.1) is 17.4 Å². The van der Waals surface area contributed by atoms with E-state index in [0.29, 0.717) is 5.56 Å². The van der Waals surface area contributed by atoms with Crippen LogP contribution in [0.2, 0.25) is 0 Å². The Morgan fingerprint density at radius 2 is 2.10 bits per heavy atom. The average Bonchev–Trinajstić information content (AvgIpc) is 2.43. The van der Waals surface area contributed by atoms with E-state index < -0.39 is 0 Å². The molecule has 2 N–H and O–H groups in total. The van der Waals surface area contributed by atoms with Gasteiger partial charge in [0.1, 0.15) is 0 Å². The van der Waals surface area contributed by atoms with Crippen molar-refractivity contribution in [2.24, 2.45) is 0 Å². The average molecular weight is 334 g/mol. The molecular formula is C15H16BrN3O. The van der Waals surface area contributed by atoms with Crippen LogP contribution in [0, 0.1) is 6.92 Å². The van der Waals surface area contributed by atoms with Gasteiger partial charge in [-0.3, -0.25) is 9.78 Å². The van der Waals surface area contributed by atoms with Crippen molar-refractivity contribution in [1.29, 1.82) is 0 Å². The van der Waals surface area contributed by atoms with E-state index in [1.165, 1.54) is 0 Å². The highest BCUT2D eigenvalue weighted by Crippen LogP contribution is 2.22. The molecular weight excluding hydrogens is 318 g/mol. The summed E-state index contributed by atoms with van der Waals surface area (Å²) in [6.07, 6.45) is 3.27. The maximum Gasteiger partial charge on any atom is 0.257 e. The van der Waals surface area contributed by atoms with Gasteiger partial charge in [-0.25, -0.2) is 0 Å². The third-order valence-corrected chi connectivity index (χ3v) is 3.36. The van der Waals surface area contributed by atoms with Crippen molar-refractivity contribution in [1.82, 2.24) is 4.98 Å². The summed E-state index contributed by atoms with van der Waals surface area (Å²) < 4.78 is 0.991. The van der Waals surface area contributed by atoms with Crippen LogP contribution in [0.15, 0.2) is 41.1 Å². The lowest BCUT2D eigenvalue weighted by Crippen LogP contribution is -2.15. The van der Waals surface area contributed by atoms with Gasteiger partial charge >= 0.3 is 0 Å². The Bertz CT molecular complexity index is 628. The van der Waals surface area contributed by atoms with Crippen molar-refractivity contribution in [3.8, 4) is 0 Å². The molecule has 1 aromatic carbocycles. The number of halogens is 1. The second kappa shape index (κ2) is 6.52. The van der Waals surface area contributed by atoms with Gasteiger partial charge in [-0.1, -0.05) is 15.9 Å². The van der Waals surface area contributed by atoms with Crippen LogP contribution in [0.3, 0.4) is 0 Å². The molecule has 104 valence electrons. The molecule has 0 radical (unpaired) electrons. The maximum absolute atomic E-state index is 12.4. The number of nitrogens with one attached hydrogen (secondary N) is 2. The van der Waals surface area contributed by atoms with Crippen LogP contribution in [-0.4, -0.2) is 17.4 Å². The molecule has 1 aromatic heterocycles. The molecule has 1 amide bonds. The lowest BCUT2D eigenvalue weighted by atomic mass is 10.1. The number of aromatic nitrogens is 1. The molecule has 0 atom stereocenters.